The Kier molecular flexibility index (Phi) is 4.26. The van der Waals surface area contributed by atoms with Gasteiger partial charge in [0.05, 0.1) is 10.6 Å². The normalized spacial score (nSPS) is 23.2. The third-order valence-electron chi connectivity index (χ3n) is 4.33. The van der Waals surface area contributed by atoms with Gasteiger partial charge in [0.15, 0.2) is 0 Å². The minimum Gasteiger partial charge on any atom is -0.353 e. The molecule has 122 valence electrons. The van der Waals surface area contributed by atoms with E-state index < -0.39 is 0 Å². The van der Waals surface area contributed by atoms with E-state index in [0.717, 1.165) is 6.42 Å². The van der Waals surface area contributed by atoms with Crippen LogP contribution in [0.2, 0.25) is 5.02 Å². The van der Waals surface area contributed by atoms with Gasteiger partial charge in [0.1, 0.15) is 0 Å². The van der Waals surface area contributed by atoms with Crippen molar-refractivity contribution in [2.75, 3.05) is 18.4 Å². The lowest BCUT2D eigenvalue weighted by Gasteiger charge is -2.34. The largest absolute Gasteiger partial charge is 0.353 e. The highest BCUT2D eigenvalue weighted by molar-refractivity contribution is 6.34. The molecule has 2 saturated heterocycles. The number of hydrogen-bond acceptors (Lipinski definition) is 3. The van der Waals surface area contributed by atoms with Crippen molar-refractivity contribution in [1.82, 2.24) is 10.2 Å². The highest BCUT2D eigenvalue weighted by atomic mass is 35.5. The molecule has 0 unspecified atom stereocenters. The molecule has 2 heterocycles. The summed E-state index contributed by atoms with van der Waals surface area (Å²) >= 11 is 6.20. The van der Waals surface area contributed by atoms with E-state index in [4.69, 9.17) is 11.6 Å². The summed E-state index contributed by atoms with van der Waals surface area (Å²) in [4.78, 5) is 36.9. The topological polar surface area (TPSA) is 78.5 Å². The van der Waals surface area contributed by atoms with Crippen LogP contribution in [0.25, 0.3) is 0 Å². The van der Waals surface area contributed by atoms with Crippen LogP contribution in [0.3, 0.4) is 0 Å². The van der Waals surface area contributed by atoms with Crippen LogP contribution in [-0.4, -0.2) is 41.8 Å². The number of rotatable bonds is 2. The fourth-order valence-corrected chi connectivity index (χ4v) is 3.52. The highest BCUT2D eigenvalue weighted by Crippen LogP contribution is 2.28. The van der Waals surface area contributed by atoms with Gasteiger partial charge in [-0.1, -0.05) is 11.6 Å². The second kappa shape index (κ2) is 6.20. The van der Waals surface area contributed by atoms with E-state index in [1.54, 1.807) is 23.1 Å². The van der Waals surface area contributed by atoms with Gasteiger partial charge in [-0.05, 0) is 24.6 Å². The number of amides is 3. The maximum atomic E-state index is 12.7. The van der Waals surface area contributed by atoms with E-state index in [2.05, 4.69) is 10.6 Å². The zero-order chi connectivity index (χ0) is 16.6. The zero-order valence-electron chi connectivity index (χ0n) is 12.8. The van der Waals surface area contributed by atoms with Gasteiger partial charge < -0.3 is 15.5 Å². The highest BCUT2D eigenvalue weighted by Gasteiger charge is 2.38. The Hall–Kier alpha value is -2.08. The van der Waals surface area contributed by atoms with Crippen LogP contribution >= 0.6 is 11.6 Å². The predicted molar refractivity (Wildman–Crippen MR) is 86.3 cm³/mol. The number of benzene rings is 1. The van der Waals surface area contributed by atoms with Crippen molar-refractivity contribution in [2.45, 2.75) is 25.8 Å². The molecule has 0 aromatic heterocycles. The molecule has 0 saturated carbocycles. The maximum Gasteiger partial charge on any atom is 0.255 e. The van der Waals surface area contributed by atoms with Gasteiger partial charge in [-0.2, -0.15) is 0 Å². The summed E-state index contributed by atoms with van der Waals surface area (Å²) in [6.07, 6.45) is 1.24. The Balaban J connectivity index is 1.73. The summed E-state index contributed by atoms with van der Waals surface area (Å²) in [6.45, 7) is 2.57. The Morgan fingerprint density at radius 1 is 1.39 bits per heavy atom. The molecule has 3 rings (SSSR count). The number of fused-ring (bicyclic) bond motifs is 1. The maximum absolute atomic E-state index is 12.7. The molecular weight excluding hydrogens is 318 g/mol. The van der Waals surface area contributed by atoms with Crippen LogP contribution < -0.4 is 10.6 Å². The van der Waals surface area contributed by atoms with Crippen molar-refractivity contribution in [1.29, 1.82) is 0 Å². The quantitative estimate of drug-likeness (QED) is 0.862. The van der Waals surface area contributed by atoms with Crippen LogP contribution in [0, 0.1) is 5.92 Å². The van der Waals surface area contributed by atoms with Gasteiger partial charge in [-0.15, -0.1) is 0 Å². The molecule has 2 N–H and O–H groups in total. The van der Waals surface area contributed by atoms with Crippen molar-refractivity contribution in [2.24, 2.45) is 5.92 Å². The summed E-state index contributed by atoms with van der Waals surface area (Å²) in [7, 11) is 0. The van der Waals surface area contributed by atoms with Crippen LogP contribution in [0.1, 0.15) is 30.1 Å². The predicted octanol–water partition coefficient (Wildman–Crippen LogP) is 1.65. The summed E-state index contributed by atoms with van der Waals surface area (Å²) in [5, 5.41) is 5.89. The molecule has 0 radical (unpaired) electrons. The molecule has 1 aromatic carbocycles. The van der Waals surface area contributed by atoms with Crippen molar-refractivity contribution in [3.05, 3.63) is 28.8 Å². The van der Waals surface area contributed by atoms with E-state index in [0.29, 0.717) is 35.8 Å². The number of halogens is 1. The number of nitrogens with zero attached hydrogens (tertiary/aromatic N) is 1. The average Bonchev–Trinajstić information content (AvgIpc) is 2.85. The molecular formula is C16H18ClN3O3. The number of piperidine rings is 1. The molecule has 0 bridgehead atoms. The van der Waals surface area contributed by atoms with Crippen LogP contribution in [0.4, 0.5) is 5.69 Å². The molecule has 23 heavy (non-hydrogen) atoms. The Labute approximate surface area is 139 Å². The molecule has 2 aliphatic heterocycles. The lowest BCUT2D eigenvalue weighted by Crippen LogP contribution is -2.47. The number of likely N-dealkylation sites (tertiary alicyclic amines) is 1. The van der Waals surface area contributed by atoms with Gasteiger partial charge in [-0.25, -0.2) is 0 Å². The number of carbonyl (C=O) groups is 3. The Morgan fingerprint density at radius 3 is 2.87 bits per heavy atom. The number of hydrogen-bond donors (Lipinski definition) is 2. The summed E-state index contributed by atoms with van der Waals surface area (Å²) in [6, 6.07) is 5.04. The van der Waals surface area contributed by atoms with Crippen LogP contribution in [-0.2, 0) is 9.59 Å². The lowest BCUT2D eigenvalue weighted by molar-refractivity contribution is -0.119. The second-order valence-electron chi connectivity index (χ2n) is 6.05. The first-order chi connectivity index (χ1) is 10.9. The monoisotopic (exact) mass is 335 g/mol. The first-order valence-corrected chi connectivity index (χ1v) is 7.97. The smallest absolute Gasteiger partial charge is 0.255 e. The van der Waals surface area contributed by atoms with E-state index in [1.165, 1.54) is 6.92 Å². The molecule has 0 spiro atoms. The van der Waals surface area contributed by atoms with Crippen molar-refractivity contribution in [3.8, 4) is 0 Å². The number of anilines is 1. The lowest BCUT2D eigenvalue weighted by atomic mass is 9.93. The molecule has 2 aliphatic rings. The molecule has 2 fully saturated rings. The van der Waals surface area contributed by atoms with Gasteiger partial charge in [0.2, 0.25) is 11.8 Å². The fraction of sp³-hybridized carbons (Fsp3) is 0.438. The van der Waals surface area contributed by atoms with Crippen molar-refractivity contribution < 1.29 is 14.4 Å². The third-order valence-corrected chi connectivity index (χ3v) is 4.65. The Morgan fingerprint density at radius 2 is 2.17 bits per heavy atom. The van der Waals surface area contributed by atoms with Crippen LogP contribution in [0.5, 0.6) is 0 Å². The SMILES string of the molecule is CC(=O)Nc1ccc(C(=O)N2CC[C@@H]3NC(=O)C[C@@H]3C2)c(Cl)c1. The van der Waals surface area contributed by atoms with E-state index in [9.17, 15) is 14.4 Å². The van der Waals surface area contributed by atoms with E-state index in [-0.39, 0.29) is 29.7 Å². The van der Waals surface area contributed by atoms with Gasteiger partial charge >= 0.3 is 0 Å². The Bertz CT molecular complexity index is 677. The molecule has 1 aromatic rings. The van der Waals surface area contributed by atoms with E-state index in [1.807, 2.05) is 0 Å². The van der Waals surface area contributed by atoms with Crippen molar-refractivity contribution >= 4 is 35.0 Å². The van der Waals surface area contributed by atoms with E-state index >= 15 is 0 Å². The van der Waals surface area contributed by atoms with Gasteiger partial charge in [0, 0.05) is 44.1 Å². The van der Waals surface area contributed by atoms with Gasteiger partial charge in [0.25, 0.3) is 5.91 Å². The molecule has 3 amide bonds. The average molecular weight is 336 g/mol. The molecule has 2 atom stereocenters. The second-order valence-corrected chi connectivity index (χ2v) is 6.46. The molecule has 7 heteroatoms. The number of nitrogens with one attached hydrogen (secondary N) is 2. The fourth-order valence-electron chi connectivity index (χ4n) is 3.26. The summed E-state index contributed by atoms with van der Waals surface area (Å²) < 4.78 is 0. The van der Waals surface area contributed by atoms with Crippen LogP contribution in [0.15, 0.2) is 18.2 Å². The van der Waals surface area contributed by atoms with Crippen molar-refractivity contribution in [3.63, 3.8) is 0 Å². The molecule has 0 aliphatic carbocycles. The summed E-state index contributed by atoms with van der Waals surface area (Å²) in [5.41, 5.74) is 0.972. The first kappa shape index (κ1) is 15.8. The number of carbonyl (C=O) groups excluding carboxylic acids is 3. The first-order valence-electron chi connectivity index (χ1n) is 7.60. The van der Waals surface area contributed by atoms with Gasteiger partial charge in [-0.3, -0.25) is 14.4 Å². The minimum absolute atomic E-state index is 0.0620. The zero-order valence-corrected chi connectivity index (χ0v) is 13.5. The standard InChI is InChI=1S/C16H18ClN3O3/c1-9(21)18-11-2-3-12(13(17)7-11)16(23)20-5-4-14-10(8-20)6-15(22)19-14/h2-3,7,10,14H,4-6,8H2,1H3,(H,18,21)(H,19,22)/t10-,14+/m1/s1. The molecule has 6 nitrogen and oxygen atoms in total. The minimum atomic E-state index is -0.194. The third kappa shape index (κ3) is 3.32. The summed E-state index contributed by atoms with van der Waals surface area (Å²) in [5.74, 6) is -0.0904.